The highest BCUT2D eigenvalue weighted by atomic mass is 19.1. The van der Waals surface area contributed by atoms with E-state index in [0.717, 1.165) is 5.56 Å². The second-order valence-electron chi connectivity index (χ2n) is 7.04. The number of rotatable bonds is 8. The first kappa shape index (κ1) is 21.5. The molecule has 0 aliphatic carbocycles. The molecule has 0 aliphatic rings. The van der Waals surface area contributed by atoms with Crippen LogP contribution in [0.5, 0.6) is 0 Å². The Morgan fingerprint density at radius 1 is 0.929 bits per heavy atom. The normalized spacial score (nSPS) is 11.9. The van der Waals surface area contributed by atoms with Gasteiger partial charge in [0, 0.05) is 12.6 Å². The summed E-state index contributed by atoms with van der Waals surface area (Å²) in [6.07, 6.45) is 0.488. The number of benzene rings is 2. The average Bonchev–Trinajstić information content (AvgIpc) is 2.64. The number of hydrogen-bond donors (Lipinski definition) is 1. The van der Waals surface area contributed by atoms with Gasteiger partial charge in [-0.05, 0) is 55.7 Å². The zero-order valence-electron chi connectivity index (χ0n) is 16.4. The van der Waals surface area contributed by atoms with Gasteiger partial charge in [-0.25, -0.2) is 8.78 Å². The number of nitrogens with zero attached hydrogens (tertiary/aromatic N) is 1. The molecule has 6 heteroatoms. The van der Waals surface area contributed by atoms with Gasteiger partial charge in [-0.2, -0.15) is 0 Å². The van der Waals surface area contributed by atoms with Crippen LogP contribution in [0.15, 0.2) is 48.5 Å². The fraction of sp³-hybridized carbons (Fsp3) is 0.364. The summed E-state index contributed by atoms with van der Waals surface area (Å²) in [6, 6.07) is 10.9. The van der Waals surface area contributed by atoms with Crippen molar-refractivity contribution in [3.8, 4) is 0 Å². The van der Waals surface area contributed by atoms with Crippen molar-refractivity contribution in [2.24, 2.45) is 0 Å². The third kappa shape index (κ3) is 6.15. The van der Waals surface area contributed by atoms with E-state index in [1.807, 2.05) is 20.8 Å². The van der Waals surface area contributed by atoms with Crippen molar-refractivity contribution in [1.82, 2.24) is 10.2 Å². The number of carbonyl (C=O) groups is 2. The van der Waals surface area contributed by atoms with Crippen LogP contribution >= 0.6 is 0 Å². The molecule has 0 spiro atoms. The van der Waals surface area contributed by atoms with Crippen molar-refractivity contribution in [2.75, 3.05) is 0 Å². The number of amides is 2. The van der Waals surface area contributed by atoms with E-state index >= 15 is 0 Å². The van der Waals surface area contributed by atoms with Gasteiger partial charge in [-0.3, -0.25) is 9.59 Å². The first-order chi connectivity index (χ1) is 13.3. The molecule has 0 radical (unpaired) electrons. The topological polar surface area (TPSA) is 49.4 Å². The number of halogens is 2. The molecule has 1 N–H and O–H groups in total. The summed E-state index contributed by atoms with van der Waals surface area (Å²) in [4.78, 5) is 27.2. The molecule has 150 valence electrons. The Morgan fingerprint density at radius 2 is 1.43 bits per heavy atom. The molecule has 0 unspecified atom stereocenters. The third-order valence-corrected chi connectivity index (χ3v) is 4.35. The van der Waals surface area contributed by atoms with Gasteiger partial charge in [0.05, 0.1) is 6.42 Å². The monoisotopic (exact) mass is 388 g/mol. The second kappa shape index (κ2) is 9.97. The van der Waals surface area contributed by atoms with Crippen LogP contribution in [0.4, 0.5) is 8.78 Å². The molecule has 0 saturated heterocycles. The maximum atomic E-state index is 13.2. The summed E-state index contributed by atoms with van der Waals surface area (Å²) in [5.74, 6) is -1.21. The zero-order valence-corrected chi connectivity index (χ0v) is 16.4. The quantitative estimate of drug-likeness (QED) is 0.747. The molecular weight excluding hydrogens is 362 g/mol. The maximum Gasteiger partial charge on any atom is 0.243 e. The summed E-state index contributed by atoms with van der Waals surface area (Å²) in [7, 11) is 0. The van der Waals surface area contributed by atoms with Crippen LogP contribution in [0.25, 0.3) is 0 Å². The average molecular weight is 388 g/mol. The zero-order chi connectivity index (χ0) is 20.7. The van der Waals surface area contributed by atoms with Crippen LogP contribution in [-0.2, 0) is 22.6 Å². The van der Waals surface area contributed by atoms with Gasteiger partial charge in [0.25, 0.3) is 0 Å². The maximum absolute atomic E-state index is 13.2. The number of hydrogen-bond acceptors (Lipinski definition) is 2. The van der Waals surface area contributed by atoms with Gasteiger partial charge in [0.1, 0.15) is 17.7 Å². The second-order valence-corrected chi connectivity index (χ2v) is 7.04. The smallest absolute Gasteiger partial charge is 0.243 e. The van der Waals surface area contributed by atoms with E-state index < -0.39 is 6.04 Å². The predicted octanol–water partition coefficient (Wildman–Crippen LogP) is 3.84. The van der Waals surface area contributed by atoms with Crippen molar-refractivity contribution in [3.63, 3.8) is 0 Å². The molecule has 2 amide bonds. The first-order valence-electron chi connectivity index (χ1n) is 9.39. The lowest BCUT2D eigenvalue weighted by Crippen LogP contribution is -2.50. The Bertz CT molecular complexity index is 789. The van der Waals surface area contributed by atoms with E-state index in [4.69, 9.17) is 0 Å². The van der Waals surface area contributed by atoms with E-state index in [0.29, 0.717) is 12.0 Å². The largest absolute Gasteiger partial charge is 0.352 e. The minimum Gasteiger partial charge on any atom is -0.352 e. The molecule has 0 aliphatic heterocycles. The predicted molar refractivity (Wildman–Crippen MR) is 104 cm³/mol. The Hall–Kier alpha value is -2.76. The fourth-order valence-corrected chi connectivity index (χ4v) is 2.97. The van der Waals surface area contributed by atoms with Crippen LogP contribution < -0.4 is 5.32 Å². The first-order valence-corrected chi connectivity index (χ1v) is 9.39. The van der Waals surface area contributed by atoms with Crippen molar-refractivity contribution in [2.45, 2.75) is 52.2 Å². The van der Waals surface area contributed by atoms with Crippen LogP contribution in [0.3, 0.4) is 0 Å². The highest BCUT2D eigenvalue weighted by Gasteiger charge is 2.29. The van der Waals surface area contributed by atoms with Crippen LogP contribution in [0.1, 0.15) is 38.3 Å². The van der Waals surface area contributed by atoms with Gasteiger partial charge in [-0.1, -0.05) is 31.2 Å². The molecule has 1 atom stereocenters. The molecule has 2 aromatic rings. The summed E-state index contributed by atoms with van der Waals surface area (Å²) in [5, 5.41) is 2.85. The molecule has 2 aromatic carbocycles. The van der Waals surface area contributed by atoms with E-state index in [2.05, 4.69) is 5.32 Å². The van der Waals surface area contributed by atoms with E-state index in [1.54, 1.807) is 24.3 Å². The standard InChI is InChI=1S/C22H26F2N2O2/c1-4-20(22(28)25-15(2)3)26(14-17-7-11-19(24)12-8-17)21(27)13-16-5-9-18(23)10-6-16/h5-12,15,20H,4,13-14H2,1-3H3,(H,25,28)/t20-/m1/s1. The third-order valence-electron chi connectivity index (χ3n) is 4.35. The summed E-state index contributed by atoms with van der Waals surface area (Å²) < 4.78 is 26.4. The molecular formula is C22H26F2N2O2. The molecule has 0 heterocycles. The van der Waals surface area contributed by atoms with Gasteiger partial charge in [0.15, 0.2) is 0 Å². The molecule has 0 fully saturated rings. The molecule has 0 aromatic heterocycles. The summed E-state index contributed by atoms with van der Waals surface area (Å²) in [6.45, 7) is 5.74. The van der Waals surface area contributed by atoms with Crippen LogP contribution in [0, 0.1) is 11.6 Å². The Balaban J connectivity index is 2.27. The molecule has 4 nitrogen and oxygen atoms in total. The molecule has 28 heavy (non-hydrogen) atoms. The lowest BCUT2D eigenvalue weighted by Gasteiger charge is -2.31. The van der Waals surface area contributed by atoms with Gasteiger partial charge in [0.2, 0.25) is 11.8 Å². The van der Waals surface area contributed by atoms with E-state index in [1.165, 1.54) is 29.2 Å². The highest BCUT2D eigenvalue weighted by molar-refractivity contribution is 5.88. The van der Waals surface area contributed by atoms with Crippen molar-refractivity contribution >= 4 is 11.8 Å². The highest BCUT2D eigenvalue weighted by Crippen LogP contribution is 2.15. The van der Waals surface area contributed by atoms with Gasteiger partial charge in [-0.15, -0.1) is 0 Å². The molecule has 0 bridgehead atoms. The SMILES string of the molecule is CC[C@H](C(=O)NC(C)C)N(Cc1ccc(F)cc1)C(=O)Cc1ccc(F)cc1. The van der Waals surface area contributed by atoms with Crippen molar-refractivity contribution in [1.29, 1.82) is 0 Å². The van der Waals surface area contributed by atoms with Crippen molar-refractivity contribution in [3.05, 3.63) is 71.3 Å². The Labute approximate surface area is 164 Å². The van der Waals surface area contributed by atoms with E-state index in [-0.39, 0.29) is 42.5 Å². The molecule has 0 saturated carbocycles. The fourth-order valence-electron chi connectivity index (χ4n) is 2.97. The summed E-state index contributed by atoms with van der Waals surface area (Å²) >= 11 is 0. The lowest BCUT2D eigenvalue weighted by molar-refractivity contribution is -0.141. The summed E-state index contributed by atoms with van der Waals surface area (Å²) in [5.41, 5.74) is 1.39. The van der Waals surface area contributed by atoms with Gasteiger partial charge >= 0.3 is 0 Å². The number of carbonyl (C=O) groups excluding carboxylic acids is 2. The molecule has 2 rings (SSSR count). The number of nitrogens with one attached hydrogen (secondary N) is 1. The Kier molecular flexibility index (Phi) is 7.67. The minimum atomic E-state index is -0.652. The van der Waals surface area contributed by atoms with Crippen LogP contribution in [-0.4, -0.2) is 28.8 Å². The van der Waals surface area contributed by atoms with Crippen molar-refractivity contribution < 1.29 is 18.4 Å². The van der Waals surface area contributed by atoms with Gasteiger partial charge < -0.3 is 10.2 Å². The minimum absolute atomic E-state index is 0.0485. The van der Waals surface area contributed by atoms with Crippen LogP contribution in [0.2, 0.25) is 0 Å². The Morgan fingerprint density at radius 3 is 1.89 bits per heavy atom. The van der Waals surface area contributed by atoms with E-state index in [9.17, 15) is 18.4 Å². The lowest BCUT2D eigenvalue weighted by atomic mass is 10.1.